The monoisotopic (exact) mass is 303 g/mol. The third-order valence-corrected chi connectivity index (χ3v) is 3.19. The van der Waals surface area contributed by atoms with Gasteiger partial charge in [0.05, 0.1) is 0 Å². The second-order valence-corrected chi connectivity index (χ2v) is 6.73. The maximum Gasteiger partial charge on any atom is 0.407 e. The summed E-state index contributed by atoms with van der Waals surface area (Å²) in [4.78, 5) is 11.7. The number of carbonyl (C=O) groups excluding carboxylic acids is 1. The molecule has 0 radical (unpaired) electrons. The van der Waals surface area contributed by atoms with Gasteiger partial charge in [-0.3, -0.25) is 0 Å². The Morgan fingerprint density at radius 1 is 1.24 bits per heavy atom. The van der Waals surface area contributed by atoms with Crippen LogP contribution in [0.1, 0.15) is 34.6 Å². The first kappa shape index (κ1) is 16.5. The number of fused-ring (bicyclic) bond motifs is 1. The molecule has 2 aliphatic heterocycles. The predicted octanol–water partition coefficient (Wildman–Crippen LogP) is 1.40. The number of hydrogen-bond acceptors (Lipinski definition) is 6. The second kappa shape index (κ2) is 5.72. The normalized spacial score (nSPS) is 34.6. The number of nitrogens with one attached hydrogen (secondary N) is 1. The molecule has 0 aromatic heterocycles. The van der Waals surface area contributed by atoms with Gasteiger partial charge in [-0.25, -0.2) is 4.79 Å². The summed E-state index contributed by atoms with van der Waals surface area (Å²) in [5.41, 5.74) is -0.535. The zero-order valence-electron chi connectivity index (χ0n) is 13.5. The van der Waals surface area contributed by atoms with Gasteiger partial charge in [0.25, 0.3) is 0 Å². The molecule has 2 aliphatic rings. The van der Waals surface area contributed by atoms with Gasteiger partial charge in [0.2, 0.25) is 0 Å². The van der Waals surface area contributed by atoms with E-state index < -0.39 is 23.8 Å². The fourth-order valence-corrected chi connectivity index (χ4v) is 2.49. The second-order valence-electron chi connectivity index (χ2n) is 6.73. The highest BCUT2D eigenvalue weighted by Crippen LogP contribution is 2.38. The number of amides is 1. The number of alkyl carbamates (subject to hydrolysis) is 1. The summed E-state index contributed by atoms with van der Waals surface area (Å²) < 4.78 is 27.8. The Bertz CT molecular complexity index is 391. The number of ether oxygens (including phenoxy) is 5. The lowest BCUT2D eigenvalue weighted by molar-refractivity contribution is -0.226. The minimum absolute atomic E-state index is 0.273. The van der Waals surface area contributed by atoms with E-state index in [0.717, 1.165) is 0 Å². The van der Waals surface area contributed by atoms with Gasteiger partial charge in [0.15, 0.2) is 12.1 Å². The van der Waals surface area contributed by atoms with Crippen LogP contribution in [0.2, 0.25) is 0 Å². The van der Waals surface area contributed by atoms with Crippen LogP contribution in [0.4, 0.5) is 4.79 Å². The molecule has 0 aromatic rings. The molecule has 0 aliphatic carbocycles. The van der Waals surface area contributed by atoms with Crippen molar-refractivity contribution in [2.24, 2.45) is 0 Å². The molecular formula is C14H25NO6. The first-order valence-corrected chi connectivity index (χ1v) is 7.12. The molecule has 2 fully saturated rings. The minimum Gasteiger partial charge on any atom is -0.444 e. The Balaban J connectivity index is 1.90. The van der Waals surface area contributed by atoms with Gasteiger partial charge in [0.1, 0.15) is 23.9 Å². The van der Waals surface area contributed by atoms with Crippen molar-refractivity contribution in [2.45, 2.75) is 70.6 Å². The number of carbonyl (C=O) groups is 1. The van der Waals surface area contributed by atoms with Crippen LogP contribution in [-0.4, -0.2) is 55.7 Å². The van der Waals surface area contributed by atoms with Crippen LogP contribution in [0.25, 0.3) is 0 Å². The van der Waals surface area contributed by atoms with E-state index in [1.165, 1.54) is 0 Å². The number of rotatable bonds is 3. The van der Waals surface area contributed by atoms with Crippen molar-refractivity contribution in [3.8, 4) is 0 Å². The molecule has 122 valence electrons. The van der Waals surface area contributed by atoms with Gasteiger partial charge in [-0.1, -0.05) is 0 Å². The molecule has 7 heteroatoms. The molecule has 0 spiro atoms. The molecule has 0 aromatic carbocycles. The average molecular weight is 303 g/mol. The van der Waals surface area contributed by atoms with E-state index in [1.807, 2.05) is 34.6 Å². The van der Waals surface area contributed by atoms with E-state index >= 15 is 0 Å². The topological polar surface area (TPSA) is 75.3 Å². The fraction of sp³-hybridized carbons (Fsp3) is 0.929. The summed E-state index contributed by atoms with van der Waals surface area (Å²) in [6.45, 7) is 9.40. The van der Waals surface area contributed by atoms with Gasteiger partial charge in [-0.2, -0.15) is 0 Å². The van der Waals surface area contributed by atoms with E-state index in [9.17, 15) is 4.79 Å². The van der Waals surface area contributed by atoms with Crippen LogP contribution >= 0.6 is 0 Å². The first-order valence-electron chi connectivity index (χ1n) is 7.12. The van der Waals surface area contributed by atoms with Gasteiger partial charge >= 0.3 is 6.09 Å². The van der Waals surface area contributed by atoms with Crippen LogP contribution < -0.4 is 5.32 Å². The molecule has 7 nitrogen and oxygen atoms in total. The van der Waals surface area contributed by atoms with Crippen molar-refractivity contribution in [1.29, 1.82) is 0 Å². The lowest BCUT2D eigenvalue weighted by atomic mass is 10.1. The zero-order valence-corrected chi connectivity index (χ0v) is 13.5. The molecule has 4 unspecified atom stereocenters. The first-order chi connectivity index (χ1) is 9.61. The lowest BCUT2D eigenvalue weighted by Gasteiger charge is -2.24. The predicted molar refractivity (Wildman–Crippen MR) is 73.7 cm³/mol. The lowest BCUT2D eigenvalue weighted by Crippen LogP contribution is -2.41. The summed E-state index contributed by atoms with van der Waals surface area (Å²) in [5.74, 6) is -0.680. The molecule has 0 saturated carbocycles. The molecule has 2 saturated heterocycles. The smallest absolute Gasteiger partial charge is 0.407 e. The van der Waals surface area contributed by atoms with E-state index in [-0.39, 0.29) is 24.9 Å². The van der Waals surface area contributed by atoms with E-state index in [4.69, 9.17) is 23.7 Å². The third-order valence-electron chi connectivity index (χ3n) is 3.19. The Labute approximate surface area is 125 Å². The Hall–Kier alpha value is -0.890. The summed E-state index contributed by atoms with van der Waals surface area (Å²) >= 11 is 0. The van der Waals surface area contributed by atoms with Crippen LogP contribution in [-0.2, 0) is 23.7 Å². The zero-order chi connectivity index (χ0) is 15.8. The average Bonchev–Trinajstić information content (AvgIpc) is 2.77. The minimum atomic E-state index is -0.680. The van der Waals surface area contributed by atoms with Crippen LogP contribution in [0, 0.1) is 0 Å². The standard InChI is InChI=1S/C14H25NO6/c1-13(2,3)21-12(16)15-7-8-9-10(11(17-6)18-8)20-14(4,5)19-9/h8-11H,7H2,1-6H3,(H,15,16). The Morgan fingerprint density at radius 3 is 2.43 bits per heavy atom. The molecule has 1 amide bonds. The highest BCUT2D eigenvalue weighted by molar-refractivity contribution is 5.67. The number of hydrogen-bond donors (Lipinski definition) is 1. The molecule has 1 N–H and O–H groups in total. The summed E-state index contributed by atoms with van der Waals surface area (Å²) in [6.07, 6.45) is -1.89. The summed E-state index contributed by atoms with van der Waals surface area (Å²) in [5, 5.41) is 2.69. The van der Waals surface area contributed by atoms with Gasteiger partial charge < -0.3 is 29.0 Å². The van der Waals surface area contributed by atoms with Gasteiger partial charge in [0, 0.05) is 13.7 Å². The molecule has 21 heavy (non-hydrogen) atoms. The summed E-state index contributed by atoms with van der Waals surface area (Å²) in [7, 11) is 1.56. The molecule has 2 heterocycles. The van der Waals surface area contributed by atoms with Crippen LogP contribution in [0.15, 0.2) is 0 Å². The summed E-state index contributed by atoms with van der Waals surface area (Å²) in [6, 6.07) is 0. The van der Waals surface area contributed by atoms with Crippen LogP contribution in [0.5, 0.6) is 0 Å². The van der Waals surface area contributed by atoms with Crippen molar-refractivity contribution < 1.29 is 28.5 Å². The van der Waals surface area contributed by atoms with Crippen LogP contribution in [0.3, 0.4) is 0 Å². The maximum absolute atomic E-state index is 11.7. The van der Waals surface area contributed by atoms with Gasteiger partial charge in [-0.15, -0.1) is 0 Å². The molecular weight excluding hydrogens is 278 g/mol. The highest BCUT2D eigenvalue weighted by Gasteiger charge is 2.55. The SMILES string of the molecule is COC1OC(CNC(=O)OC(C)(C)C)C2OC(C)(C)OC12. The third kappa shape index (κ3) is 4.06. The molecule has 4 atom stereocenters. The fourth-order valence-electron chi connectivity index (χ4n) is 2.49. The van der Waals surface area contributed by atoms with E-state index in [2.05, 4.69) is 5.32 Å². The quantitative estimate of drug-likeness (QED) is 0.849. The largest absolute Gasteiger partial charge is 0.444 e. The highest BCUT2D eigenvalue weighted by atomic mass is 16.8. The van der Waals surface area contributed by atoms with Crippen molar-refractivity contribution in [2.75, 3.05) is 13.7 Å². The molecule has 0 bridgehead atoms. The molecule has 2 rings (SSSR count). The maximum atomic E-state index is 11.7. The van der Waals surface area contributed by atoms with E-state index in [1.54, 1.807) is 7.11 Å². The Kier molecular flexibility index (Phi) is 4.49. The Morgan fingerprint density at radius 2 is 1.86 bits per heavy atom. The van der Waals surface area contributed by atoms with Crippen molar-refractivity contribution in [3.63, 3.8) is 0 Å². The van der Waals surface area contributed by atoms with Crippen molar-refractivity contribution in [1.82, 2.24) is 5.32 Å². The van der Waals surface area contributed by atoms with Crippen molar-refractivity contribution >= 4 is 6.09 Å². The number of methoxy groups -OCH3 is 1. The van der Waals surface area contributed by atoms with Crippen molar-refractivity contribution in [3.05, 3.63) is 0 Å². The van der Waals surface area contributed by atoms with E-state index in [0.29, 0.717) is 0 Å². The van der Waals surface area contributed by atoms with Gasteiger partial charge in [-0.05, 0) is 34.6 Å².